The lowest BCUT2D eigenvalue weighted by molar-refractivity contribution is -0.141. The highest BCUT2D eigenvalue weighted by atomic mass is 16.5. The van der Waals surface area contributed by atoms with Gasteiger partial charge >= 0.3 is 12.0 Å². The molecule has 12 heteroatoms. The second kappa shape index (κ2) is 11.6. The summed E-state index contributed by atoms with van der Waals surface area (Å²) in [7, 11) is 1.22. The van der Waals surface area contributed by atoms with E-state index in [1.807, 2.05) is 31.2 Å². The van der Waals surface area contributed by atoms with Crippen molar-refractivity contribution in [2.45, 2.75) is 52.1 Å². The van der Waals surface area contributed by atoms with E-state index in [1.165, 1.54) is 7.11 Å². The van der Waals surface area contributed by atoms with Gasteiger partial charge in [-0.1, -0.05) is 43.7 Å². The van der Waals surface area contributed by atoms with Crippen LogP contribution in [0.3, 0.4) is 0 Å². The average Bonchev–Trinajstić information content (AvgIpc) is 3.40. The van der Waals surface area contributed by atoms with Crippen molar-refractivity contribution in [3.8, 4) is 0 Å². The van der Waals surface area contributed by atoms with E-state index in [-0.39, 0.29) is 30.5 Å². The van der Waals surface area contributed by atoms with Gasteiger partial charge in [0.25, 0.3) is 11.8 Å². The number of amides is 4. The van der Waals surface area contributed by atoms with Crippen LogP contribution in [0.5, 0.6) is 0 Å². The molecule has 2 N–H and O–H groups in total. The highest BCUT2D eigenvalue weighted by molar-refractivity contribution is 6.07. The number of ketones is 1. The number of rotatable bonds is 11. The minimum absolute atomic E-state index is 0.0461. The van der Waals surface area contributed by atoms with E-state index in [9.17, 15) is 24.0 Å². The Bertz CT molecular complexity index is 1160. The smallest absolute Gasteiger partial charge is 0.325 e. The molecule has 1 aliphatic heterocycles. The van der Waals surface area contributed by atoms with E-state index >= 15 is 0 Å². The van der Waals surface area contributed by atoms with Crippen molar-refractivity contribution in [2.75, 3.05) is 13.7 Å². The monoisotopic (exact) mass is 499 g/mol. The Hall–Kier alpha value is -4.09. The third-order valence-corrected chi connectivity index (χ3v) is 5.65. The van der Waals surface area contributed by atoms with Crippen LogP contribution in [0.2, 0.25) is 0 Å². The number of aryl methyl sites for hydroxylation is 1. The fourth-order valence-corrected chi connectivity index (χ4v) is 3.74. The Labute approximate surface area is 207 Å². The summed E-state index contributed by atoms with van der Waals surface area (Å²) in [5.74, 6) is -2.76. The summed E-state index contributed by atoms with van der Waals surface area (Å²) in [6, 6.07) is 5.05. The van der Waals surface area contributed by atoms with Crippen LogP contribution >= 0.6 is 0 Å². The first kappa shape index (κ1) is 26.5. The van der Waals surface area contributed by atoms with Gasteiger partial charge in [0.05, 0.1) is 19.6 Å². The van der Waals surface area contributed by atoms with Gasteiger partial charge < -0.3 is 19.8 Å². The van der Waals surface area contributed by atoms with Crippen molar-refractivity contribution in [1.82, 2.24) is 25.7 Å². The number of nitrogens with one attached hydrogen (secondary N) is 2. The minimum Gasteiger partial charge on any atom is -0.469 e. The van der Waals surface area contributed by atoms with Crippen LogP contribution < -0.4 is 10.6 Å². The summed E-state index contributed by atoms with van der Waals surface area (Å²) in [5.41, 5.74) is 2.02. The van der Waals surface area contributed by atoms with E-state index in [2.05, 4.69) is 25.6 Å². The second-order valence-corrected chi connectivity index (χ2v) is 8.86. The predicted octanol–water partition coefficient (Wildman–Crippen LogP) is 1.17. The van der Waals surface area contributed by atoms with E-state index in [0.717, 1.165) is 16.0 Å². The maximum absolute atomic E-state index is 13.0. The number of ether oxygens (including phenoxy) is 1. The number of methoxy groups -OCH3 is 1. The molecule has 2 atom stereocenters. The van der Waals surface area contributed by atoms with Crippen molar-refractivity contribution in [3.05, 3.63) is 47.2 Å². The fraction of sp³-hybridized carbons (Fsp3) is 0.458. The topological polar surface area (TPSA) is 161 Å². The van der Waals surface area contributed by atoms with Crippen molar-refractivity contribution in [2.24, 2.45) is 5.92 Å². The molecule has 2 aromatic rings. The Kier molecular flexibility index (Phi) is 8.51. The number of urea groups is 1. The molecular formula is C24H29N5O7. The molecular weight excluding hydrogens is 470 g/mol. The van der Waals surface area contributed by atoms with Crippen LogP contribution in [0.4, 0.5) is 4.79 Å². The number of benzene rings is 1. The summed E-state index contributed by atoms with van der Waals surface area (Å²) >= 11 is 0. The molecule has 3 rings (SSSR count). The fourth-order valence-electron chi connectivity index (χ4n) is 3.74. The molecule has 0 unspecified atom stereocenters. The molecule has 1 aromatic carbocycles. The molecule has 1 saturated heterocycles. The van der Waals surface area contributed by atoms with E-state index in [1.54, 1.807) is 13.8 Å². The highest BCUT2D eigenvalue weighted by Gasteiger charge is 2.39. The van der Waals surface area contributed by atoms with E-state index in [4.69, 9.17) is 4.42 Å². The first-order valence-electron chi connectivity index (χ1n) is 11.5. The Morgan fingerprint density at radius 2 is 1.97 bits per heavy atom. The molecule has 0 bridgehead atoms. The van der Waals surface area contributed by atoms with Crippen LogP contribution in [-0.4, -0.2) is 70.4 Å². The van der Waals surface area contributed by atoms with Crippen molar-refractivity contribution in [1.29, 1.82) is 0 Å². The third kappa shape index (κ3) is 6.52. The third-order valence-electron chi connectivity index (χ3n) is 5.65. The molecule has 0 spiro atoms. The van der Waals surface area contributed by atoms with Crippen LogP contribution in [0.15, 0.2) is 28.7 Å². The van der Waals surface area contributed by atoms with Gasteiger partial charge in [-0.25, -0.2) is 4.79 Å². The summed E-state index contributed by atoms with van der Waals surface area (Å²) in [4.78, 5) is 62.4. The van der Waals surface area contributed by atoms with Gasteiger partial charge in [-0.3, -0.25) is 24.1 Å². The van der Waals surface area contributed by atoms with Gasteiger partial charge in [-0.05, 0) is 24.8 Å². The molecule has 192 valence electrons. The average molecular weight is 500 g/mol. The lowest BCUT2D eigenvalue weighted by Gasteiger charge is -2.21. The maximum atomic E-state index is 13.0. The number of hydrogen-bond donors (Lipinski definition) is 2. The summed E-state index contributed by atoms with van der Waals surface area (Å²) in [6.07, 6.45) is 0.335. The Balaban J connectivity index is 1.61. The zero-order valence-corrected chi connectivity index (χ0v) is 20.6. The highest BCUT2D eigenvalue weighted by Crippen LogP contribution is 2.15. The largest absolute Gasteiger partial charge is 0.469 e. The molecule has 0 saturated carbocycles. The van der Waals surface area contributed by atoms with Gasteiger partial charge in [0, 0.05) is 6.42 Å². The number of esters is 1. The number of carbonyl (C=O) groups is 5. The normalized spacial score (nSPS) is 16.1. The summed E-state index contributed by atoms with van der Waals surface area (Å²) < 4.78 is 10.1. The minimum atomic E-state index is -1.01. The number of imide groups is 1. The number of Topliss-reactive ketones (excluding diaryl/α,β-unsaturated/α-hetero) is 1. The molecule has 36 heavy (non-hydrogen) atoms. The first-order valence-corrected chi connectivity index (χ1v) is 11.5. The first-order chi connectivity index (χ1) is 17.1. The molecule has 1 aromatic heterocycles. The Morgan fingerprint density at radius 1 is 1.22 bits per heavy atom. The number of hydrogen-bond acceptors (Lipinski definition) is 9. The van der Waals surface area contributed by atoms with Crippen molar-refractivity contribution in [3.63, 3.8) is 0 Å². The van der Waals surface area contributed by atoms with Gasteiger partial charge in [0.1, 0.15) is 12.6 Å². The van der Waals surface area contributed by atoms with Gasteiger partial charge in [-0.15, -0.1) is 10.2 Å². The van der Waals surface area contributed by atoms with Gasteiger partial charge in [0.2, 0.25) is 17.6 Å². The van der Waals surface area contributed by atoms with Crippen LogP contribution in [0.25, 0.3) is 0 Å². The zero-order valence-electron chi connectivity index (χ0n) is 20.6. The quantitative estimate of drug-likeness (QED) is 0.263. The summed E-state index contributed by atoms with van der Waals surface area (Å²) in [6.45, 7) is 4.83. The van der Waals surface area contributed by atoms with E-state index < -0.39 is 48.2 Å². The van der Waals surface area contributed by atoms with Crippen molar-refractivity contribution >= 4 is 29.6 Å². The van der Waals surface area contributed by atoms with Crippen LogP contribution in [0, 0.1) is 12.8 Å². The molecule has 0 radical (unpaired) electrons. The van der Waals surface area contributed by atoms with E-state index in [0.29, 0.717) is 6.42 Å². The molecule has 0 aliphatic carbocycles. The SMILES string of the molecule is COC(=O)CC[C@H]1NC(=O)N(CC(=O)N[C@H](C(=O)c2nnc(Cc3cccc(C)c3)o2)C(C)C)C1=O. The molecule has 2 heterocycles. The lowest BCUT2D eigenvalue weighted by atomic mass is 9.99. The number of carbonyl (C=O) groups excluding carboxylic acids is 5. The Morgan fingerprint density at radius 3 is 2.64 bits per heavy atom. The van der Waals surface area contributed by atoms with Gasteiger partial charge in [-0.2, -0.15) is 0 Å². The maximum Gasteiger partial charge on any atom is 0.325 e. The lowest BCUT2D eigenvalue weighted by Crippen LogP contribution is -2.49. The number of aromatic nitrogens is 2. The van der Waals surface area contributed by atoms with Crippen LogP contribution in [0.1, 0.15) is 54.4 Å². The predicted molar refractivity (Wildman–Crippen MR) is 125 cm³/mol. The molecule has 1 aliphatic rings. The standard InChI is InChI=1S/C24H29N5O7/c1-13(2)20(21(32)22-28-27-18(36-22)11-15-7-5-6-14(3)10-15)26-17(30)12-29-23(33)16(25-24(29)34)8-9-19(31)35-4/h5-7,10,13,16,20H,8-9,11-12H2,1-4H3,(H,25,34)(H,26,30)/t16-,20+/m1/s1. The van der Waals surface area contributed by atoms with Crippen molar-refractivity contribution < 1.29 is 33.1 Å². The van der Waals surface area contributed by atoms with Crippen LogP contribution in [-0.2, 0) is 25.5 Å². The molecule has 12 nitrogen and oxygen atoms in total. The van der Waals surface area contributed by atoms with Gasteiger partial charge in [0.15, 0.2) is 0 Å². The number of nitrogens with zero attached hydrogens (tertiary/aromatic N) is 3. The molecule has 4 amide bonds. The zero-order chi connectivity index (χ0) is 26.4. The summed E-state index contributed by atoms with van der Waals surface area (Å²) in [5, 5.41) is 12.8. The second-order valence-electron chi connectivity index (χ2n) is 8.86. The molecule has 1 fully saturated rings.